The van der Waals surface area contributed by atoms with Gasteiger partial charge in [0.05, 0.1) is 4.92 Å². The number of nitro benzene ring substituents is 1. The Kier molecular flexibility index (Phi) is 7.36. The van der Waals surface area contributed by atoms with Crippen LogP contribution in [0.15, 0.2) is 97.2 Å². The van der Waals surface area contributed by atoms with Gasteiger partial charge in [-0.2, -0.15) is 0 Å². The fraction of sp³-hybridized carbons (Fsp3) is 0.139. The number of carbonyl (C=O) groups excluding carboxylic acids is 1. The van der Waals surface area contributed by atoms with Crippen LogP contribution in [0.5, 0.6) is 0 Å². The lowest BCUT2D eigenvalue weighted by atomic mass is 9.79. The summed E-state index contributed by atoms with van der Waals surface area (Å²) >= 11 is 0. The summed E-state index contributed by atoms with van der Waals surface area (Å²) < 4.78 is 14.3. The third-order valence-electron chi connectivity index (χ3n) is 8.16. The first-order valence-corrected chi connectivity index (χ1v) is 14.0. The van der Waals surface area contributed by atoms with Gasteiger partial charge in [-0.15, -0.1) is 0 Å². The molecule has 0 aromatic heterocycles. The van der Waals surface area contributed by atoms with Crippen LogP contribution in [0.2, 0.25) is 0 Å². The van der Waals surface area contributed by atoms with Gasteiger partial charge in [0.25, 0.3) is 5.69 Å². The number of rotatable bonds is 3. The van der Waals surface area contributed by atoms with Crippen molar-refractivity contribution in [3.8, 4) is 0 Å². The maximum Gasteiger partial charge on any atom is 0.269 e. The van der Waals surface area contributed by atoms with Gasteiger partial charge in [-0.1, -0.05) is 67.6 Å². The van der Waals surface area contributed by atoms with Crippen molar-refractivity contribution in [2.24, 2.45) is 5.92 Å². The molecule has 1 aliphatic heterocycles. The molecule has 1 heterocycles. The number of halogens is 1. The van der Waals surface area contributed by atoms with Crippen LogP contribution in [0.3, 0.4) is 0 Å². The molecule has 0 bridgehead atoms. The van der Waals surface area contributed by atoms with Crippen molar-refractivity contribution in [3.63, 3.8) is 0 Å². The number of Topliss-reactive ketones (excluding diaryl/α,β-unsaturated/α-hetero) is 1. The number of allylic oxidation sites excluding steroid dienone is 2. The average molecular weight is 557 g/mol. The molecule has 6 heteroatoms. The molecule has 1 unspecified atom stereocenters. The van der Waals surface area contributed by atoms with Crippen molar-refractivity contribution in [2.45, 2.75) is 26.2 Å². The normalized spacial score (nSPS) is 15.8. The molecule has 7 rings (SSSR count). The van der Waals surface area contributed by atoms with Crippen molar-refractivity contribution in [2.75, 3.05) is 5.32 Å². The highest BCUT2D eigenvalue weighted by Crippen LogP contribution is 2.28. The van der Waals surface area contributed by atoms with Crippen LogP contribution in [-0.4, -0.2) is 10.7 Å². The lowest BCUT2D eigenvalue weighted by molar-refractivity contribution is -0.384. The monoisotopic (exact) mass is 556 g/mol. The van der Waals surface area contributed by atoms with Gasteiger partial charge in [-0.25, -0.2) is 4.39 Å². The number of anilines is 1. The summed E-state index contributed by atoms with van der Waals surface area (Å²) in [4.78, 5) is 23.9. The predicted molar refractivity (Wildman–Crippen MR) is 164 cm³/mol. The Labute approximate surface area is 242 Å². The highest BCUT2D eigenvalue weighted by molar-refractivity contribution is 6.25. The van der Waals surface area contributed by atoms with Crippen LogP contribution in [0, 0.1) is 32.3 Å². The number of carbonyl (C=O) groups is 1. The zero-order valence-corrected chi connectivity index (χ0v) is 23.1. The van der Waals surface area contributed by atoms with Gasteiger partial charge in [-0.3, -0.25) is 14.9 Å². The first-order chi connectivity index (χ1) is 20.4. The van der Waals surface area contributed by atoms with E-state index in [2.05, 4.69) is 30.4 Å². The van der Waals surface area contributed by atoms with Gasteiger partial charge in [0.1, 0.15) is 5.82 Å². The Balaban J connectivity index is 0.000000240. The van der Waals surface area contributed by atoms with E-state index < -0.39 is 4.92 Å². The summed E-state index contributed by atoms with van der Waals surface area (Å²) in [7, 11) is 0. The third-order valence-corrected chi connectivity index (χ3v) is 8.16. The van der Waals surface area contributed by atoms with Crippen LogP contribution in [0.1, 0.15) is 40.4 Å². The lowest BCUT2D eigenvalue weighted by Crippen LogP contribution is -2.30. The number of nitro groups is 1. The molecular formula is C36H29FN2O3. The van der Waals surface area contributed by atoms with E-state index in [1.54, 1.807) is 6.07 Å². The van der Waals surface area contributed by atoms with Gasteiger partial charge < -0.3 is 5.32 Å². The molecule has 0 spiro atoms. The van der Waals surface area contributed by atoms with Crippen molar-refractivity contribution < 1.29 is 14.1 Å². The molecule has 0 saturated carbocycles. The molecule has 3 aliphatic rings. The molecule has 208 valence electrons. The molecule has 0 amide bonds. The first-order valence-electron chi connectivity index (χ1n) is 14.0. The minimum absolute atomic E-state index is 0.0332. The second-order valence-electron chi connectivity index (χ2n) is 10.7. The highest BCUT2D eigenvalue weighted by atomic mass is 19.1. The summed E-state index contributed by atoms with van der Waals surface area (Å²) in [5.41, 5.74) is 5.90. The molecule has 0 radical (unpaired) electrons. The van der Waals surface area contributed by atoms with Crippen LogP contribution >= 0.6 is 0 Å². The Morgan fingerprint density at radius 1 is 0.905 bits per heavy atom. The van der Waals surface area contributed by atoms with Crippen LogP contribution in [-0.2, 0) is 12.8 Å². The number of non-ortho nitro benzene ring substituents is 1. The number of nitrogens with one attached hydrogen (secondary N) is 1. The van der Waals surface area contributed by atoms with E-state index >= 15 is 0 Å². The minimum Gasteiger partial charge on any atom is -0.361 e. The fourth-order valence-corrected chi connectivity index (χ4v) is 6.03. The number of ketones is 1. The van der Waals surface area contributed by atoms with E-state index in [1.807, 2.05) is 54.8 Å². The van der Waals surface area contributed by atoms with Crippen molar-refractivity contribution in [1.82, 2.24) is 0 Å². The molecule has 1 N–H and O–H groups in total. The molecule has 2 aliphatic carbocycles. The molecule has 5 nitrogen and oxygen atoms in total. The SMILES string of the molecule is C1=CNc2ccccc2C=C1.CC1CCc2c3c(ccc2=C1C(=O)c1ccc([N+](=O)[O-])cc1)=c1cccc(F)c1=CC3. The number of benzene rings is 4. The fourth-order valence-electron chi connectivity index (χ4n) is 6.03. The zero-order chi connectivity index (χ0) is 29.2. The molecule has 0 fully saturated rings. The predicted octanol–water partition coefficient (Wildman–Crippen LogP) is 6.61. The maximum atomic E-state index is 14.3. The van der Waals surface area contributed by atoms with Crippen molar-refractivity contribution in [1.29, 1.82) is 0 Å². The van der Waals surface area contributed by atoms with Gasteiger partial charge in [0.2, 0.25) is 0 Å². The lowest BCUT2D eigenvalue weighted by Gasteiger charge is -2.24. The van der Waals surface area contributed by atoms with Gasteiger partial charge in [-0.05, 0) is 87.9 Å². The number of hydrogen-bond acceptors (Lipinski definition) is 4. The van der Waals surface area contributed by atoms with Crippen molar-refractivity contribution >= 4 is 34.9 Å². The average Bonchev–Trinajstić information content (AvgIpc) is 3.26. The largest absolute Gasteiger partial charge is 0.361 e. The first kappa shape index (κ1) is 27.1. The van der Waals surface area contributed by atoms with E-state index in [1.165, 1.54) is 35.9 Å². The van der Waals surface area contributed by atoms with E-state index in [9.17, 15) is 19.3 Å². The maximum absolute atomic E-state index is 14.3. The molecule has 4 aromatic carbocycles. The summed E-state index contributed by atoms with van der Waals surface area (Å²) in [6.07, 6.45) is 12.3. The quantitative estimate of drug-likeness (QED) is 0.175. The Hall–Kier alpha value is -5.10. The van der Waals surface area contributed by atoms with E-state index in [4.69, 9.17) is 0 Å². The van der Waals surface area contributed by atoms with E-state index in [0.717, 1.165) is 50.9 Å². The number of fused-ring (bicyclic) bond motifs is 5. The van der Waals surface area contributed by atoms with Crippen LogP contribution in [0.25, 0.3) is 17.7 Å². The number of para-hydroxylation sites is 1. The van der Waals surface area contributed by atoms with Crippen molar-refractivity contribution in [3.05, 3.63) is 156 Å². The summed E-state index contributed by atoms with van der Waals surface area (Å²) in [6, 6.07) is 23.2. The minimum atomic E-state index is -0.469. The molecule has 4 aromatic rings. The summed E-state index contributed by atoms with van der Waals surface area (Å²) in [6.45, 7) is 2.05. The van der Waals surface area contributed by atoms with E-state index in [0.29, 0.717) is 17.2 Å². The topological polar surface area (TPSA) is 72.2 Å². The number of nitrogens with zero attached hydrogens (tertiary/aromatic N) is 1. The third kappa shape index (κ3) is 5.07. The molecular weight excluding hydrogens is 527 g/mol. The van der Waals surface area contributed by atoms with Gasteiger partial charge in [0, 0.05) is 40.4 Å². The van der Waals surface area contributed by atoms with Gasteiger partial charge >= 0.3 is 0 Å². The summed E-state index contributed by atoms with van der Waals surface area (Å²) in [5.74, 6) is -0.213. The van der Waals surface area contributed by atoms with Gasteiger partial charge in [0.15, 0.2) is 5.78 Å². The standard InChI is InChI=1S/C26H20FNO3.C10H9N/c1-15-5-10-21-20-11-13-22-18(3-2-4-24(22)27)19(20)12-14-23(21)25(15)26(29)16-6-8-17(9-7-16)28(30)31;1-2-7-10-9(5-1)6-3-4-8-11-10/h2-4,6-9,12-15H,5,10-11H2,1H3;1-8,11H. The van der Waals surface area contributed by atoms with Crippen LogP contribution < -0.4 is 15.8 Å². The number of hydrogen-bond donors (Lipinski definition) is 1. The second-order valence-corrected chi connectivity index (χ2v) is 10.7. The smallest absolute Gasteiger partial charge is 0.269 e. The second kappa shape index (κ2) is 11.4. The highest BCUT2D eigenvalue weighted by Gasteiger charge is 2.26. The molecule has 1 atom stereocenters. The Bertz CT molecular complexity index is 2010. The van der Waals surface area contributed by atoms with Crippen LogP contribution in [0.4, 0.5) is 15.8 Å². The molecule has 42 heavy (non-hydrogen) atoms. The zero-order valence-electron chi connectivity index (χ0n) is 23.1. The Morgan fingerprint density at radius 2 is 1.69 bits per heavy atom. The summed E-state index contributed by atoms with van der Waals surface area (Å²) in [5, 5.41) is 17.6. The Morgan fingerprint density at radius 3 is 2.50 bits per heavy atom. The van der Waals surface area contributed by atoms with E-state index in [-0.39, 0.29) is 23.2 Å². The molecule has 0 saturated heterocycles.